The molecule has 0 unspecified atom stereocenters. The van der Waals surface area contributed by atoms with Crippen molar-refractivity contribution in [3.8, 4) is 0 Å². The molecule has 0 heterocycles. The van der Waals surface area contributed by atoms with Crippen LogP contribution in [0.4, 0.5) is 13.2 Å². The molecule has 2 aliphatic rings. The summed E-state index contributed by atoms with van der Waals surface area (Å²) in [6.45, 7) is 0. The molecule has 1 aromatic carbocycles. The first kappa shape index (κ1) is 15.1. The molecule has 1 N–H and O–H groups in total. The van der Waals surface area contributed by atoms with Gasteiger partial charge in [0, 0.05) is 5.57 Å². The zero-order valence-corrected chi connectivity index (χ0v) is 12.2. The van der Waals surface area contributed by atoms with Crippen molar-refractivity contribution in [2.24, 2.45) is 11.1 Å². The van der Waals surface area contributed by atoms with E-state index in [1.165, 1.54) is 17.7 Å². The van der Waals surface area contributed by atoms with E-state index >= 15 is 0 Å². The third-order valence-electron chi connectivity index (χ3n) is 4.69. The first-order valence-electron chi connectivity index (χ1n) is 7.62. The Bertz CT molecular complexity index is 625. The van der Waals surface area contributed by atoms with Crippen molar-refractivity contribution in [1.82, 2.24) is 0 Å². The van der Waals surface area contributed by atoms with Crippen LogP contribution >= 0.6 is 0 Å². The lowest BCUT2D eigenvalue weighted by atomic mass is 9.90. The summed E-state index contributed by atoms with van der Waals surface area (Å²) in [6.07, 6.45) is 1.51. The molecule has 1 fully saturated rings. The molecule has 0 saturated heterocycles. The molecule has 3 rings (SSSR count). The van der Waals surface area contributed by atoms with Crippen molar-refractivity contribution in [2.45, 2.75) is 44.7 Å². The van der Waals surface area contributed by atoms with Gasteiger partial charge >= 0.3 is 6.18 Å². The van der Waals surface area contributed by atoms with E-state index < -0.39 is 11.7 Å². The summed E-state index contributed by atoms with van der Waals surface area (Å²) in [6, 6.07) is 5.34. The number of hydrogen-bond donors (Lipinski definition) is 1. The molecule has 5 heteroatoms. The number of hydrogen-bond acceptors (Lipinski definition) is 2. The van der Waals surface area contributed by atoms with Gasteiger partial charge in [-0.05, 0) is 49.3 Å². The van der Waals surface area contributed by atoms with Crippen LogP contribution in [0.25, 0.3) is 5.57 Å². The summed E-state index contributed by atoms with van der Waals surface area (Å²) in [4.78, 5) is 0. The van der Waals surface area contributed by atoms with Crippen LogP contribution in [0.5, 0.6) is 0 Å². The molecule has 0 radical (unpaired) electrons. The lowest BCUT2D eigenvalue weighted by Crippen LogP contribution is -2.07. The average molecular weight is 309 g/mol. The molecule has 0 spiro atoms. The van der Waals surface area contributed by atoms with Gasteiger partial charge in [-0.1, -0.05) is 35.7 Å². The van der Waals surface area contributed by atoms with Crippen molar-refractivity contribution in [3.05, 3.63) is 41.0 Å². The maximum absolute atomic E-state index is 12.9. The van der Waals surface area contributed by atoms with Gasteiger partial charge < -0.3 is 5.21 Å². The minimum Gasteiger partial charge on any atom is -0.411 e. The predicted molar refractivity (Wildman–Crippen MR) is 78.8 cm³/mol. The molecule has 1 aromatic rings. The molecule has 0 amide bonds. The van der Waals surface area contributed by atoms with E-state index in [9.17, 15) is 18.4 Å². The van der Waals surface area contributed by atoms with Crippen molar-refractivity contribution in [2.75, 3.05) is 0 Å². The van der Waals surface area contributed by atoms with Crippen LogP contribution in [-0.4, -0.2) is 10.9 Å². The Morgan fingerprint density at radius 3 is 2.45 bits per heavy atom. The summed E-state index contributed by atoms with van der Waals surface area (Å²) in [5, 5.41) is 12.6. The number of alkyl halides is 3. The number of nitrogens with zero attached hydrogens (tertiary/aromatic N) is 1. The molecule has 22 heavy (non-hydrogen) atoms. The van der Waals surface area contributed by atoms with E-state index in [1.807, 2.05) is 0 Å². The summed E-state index contributed by atoms with van der Waals surface area (Å²) in [5.41, 5.74) is 2.28. The Kier molecular flexibility index (Phi) is 3.98. The minimum atomic E-state index is -4.36. The van der Waals surface area contributed by atoms with Crippen LogP contribution in [0.3, 0.4) is 0 Å². The van der Waals surface area contributed by atoms with Gasteiger partial charge in [-0.15, -0.1) is 0 Å². The van der Waals surface area contributed by atoms with Gasteiger partial charge in [0.25, 0.3) is 0 Å². The van der Waals surface area contributed by atoms with E-state index in [2.05, 4.69) is 5.16 Å². The lowest BCUT2D eigenvalue weighted by Gasteiger charge is -2.15. The highest BCUT2D eigenvalue weighted by atomic mass is 19.4. The van der Waals surface area contributed by atoms with Gasteiger partial charge in [0.15, 0.2) is 0 Å². The van der Waals surface area contributed by atoms with E-state index in [0.29, 0.717) is 23.6 Å². The first-order valence-corrected chi connectivity index (χ1v) is 7.62. The summed E-state index contributed by atoms with van der Waals surface area (Å²) < 4.78 is 38.8. The Labute approximate surface area is 127 Å². The number of halogens is 3. The van der Waals surface area contributed by atoms with Gasteiger partial charge in [-0.3, -0.25) is 0 Å². The molecule has 2 aliphatic carbocycles. The Balaban J connectivity index is 2.07. The minimum absolute atomic E-state index is 0.420. The van der Waals surface area contributed by atoms with Crippen LogP contribution in [0.15, 0.2) is 35.0 Å². The van der Waals surface area contributed by atoms with Crippen LogP contribution < -0.4 is 0 Å². The maximum atomic E-state index is 12.9. The molecular formula is C17H18F3NO. The third kappa shape index (κ3) is 2.76. The second-order valence-electron chi connectivity index (χ2n) is 6.01. The third-order valence-corrected chi connectivity index (χ3v) is 4.69. The fraction of sp³-hybridized carbons (Fsp3) is 0.471. The lowest BCUT2D eigenvalue weighted by molar-refractivity contribution is -0.137. The molecule has 0 aliphatic heterocycles. The molecule has 118 valence electrons. The van der Waals surface area contributed by atoms with Crippen molar-refractivity contribution < 1.29 is 18.4 Å². The van der Waals surface area contributed by atoms with Crippen LogP contribution in [-0.2, 0) is 6.18 Å². The van der Waals surface area contributed by atoms with Gasteiger partial charge in [-0.25, -0.2) is 0 Å². The molecular weight excluding hydrogens is 291 g/mol. The zero-order chi connectivity index (χ0) is 15.7. The number of rotatable bonds is 2. The first-order chi connectivity index (χ1) is 10.5. The molecule has 0 bridgehead atoms. The summed E-state index contributed by atoms with van der Waals surface area (Å²) in [5.74, 6) is 0.420. The zero-order valence-electron chi connectivity index (χ0n) is 12.2. The highest BCUT2D eigenvalue weighted by molar-refractivity contribution is 6.26. The van der Waals surface area contributed by atoms with Gasteiger partial charge in [0.05, 0.1) is 11.3 Å². The van der Waals surface area contributed by atoms with E-state index in [1.54, 1.807) is 6.07 Å². The number of benzene rings is 1. The summed E-state index contributed by atoms with van der Waals surface area (Å²) >= 11 is 0. The van der Waals surface area contributed by atoms with E-state index in [4.69, 9.17) is 0 Å². The quantitative estimate of drug-likeness (QED) is 0.585. The molecule has 2 nitrogen and oxygen atoms in total. The van der Waals surface area contributed by atoms with Crippen LogP contribution in [0.1, 0.15) is 49.7 Å². The Morgan fingerprint density at radius 1 is 1.09 bits per heavy atom. The smallest absolute Gasteiger partial charge is 0.411 e. The second kappa shape index (κ2) is 5.78. The number of oxime groups is 1. The maximum Gasteiger partial charge on any atom is 0.416 e. The highest BCUT2D eigenvalue weighted by Crippen LogP contribution is 2.43. The van der Waals surface area contributed by atoms with Crippen molar-refractivity contribution in [3.63, 3.8) is 0 Å². The molecule has 0 atom stereocenters. The fourth-order valence-electron chi connectivity index (χ4n) is 3.67. The Morgan fingerprint density at radius 2 is 1.82 bits per heavy atom. The summed E-state index contributed by atoms with van der Waals surface area (Å²) in [7, 11) is 0. The van der Waals surface area contributed by atoms with Gasteiger partial charge in [0.1, 0.15) is 0 Å². The van der Waals surface area contributed by atoms with Gasteiger partial charge in [-0.2, -0.15) is 13.2 Å². The molecule has 1 saturated carbocycles. The standard InChI is InChI=1S/C17H18F3NO/c18-17(19,20)13-7-3-6-12(10-13)16-14(8-9-15(16)21-22)11-4-1-2-5-11/h3,6-7,10-11,22H,1-2,4-5,8-9H2/b21-15+. The number of allylic oxidation sites excluding steroid dienone is 2. The van der Waals surface area contributed by atoms with Gasteiger partial charge in [0.2, 0.25) is 0 Å². The van der Waals surface area contributed by atoms with Crippen molar-refractivity contribution >= 4 is 11.3 Å². The van der Waals surface area contributed by atoms with Crippen LogP contribution in [0, 0.1) is 5.92 Å². The normalized spacial score (nSPS) is 22.0. The topological polar surface area (TPSA) is 32.6 Å². The SMILES string of the molecule is O/N=C1\CCC(C2CCCC2)=C1c1cccc(C(F)(F)F)c1. The van der Waals surface area contributed by atoms with E-state index in [-0.39, 0.29) is 0 Å². The van der Waals surface area contributed by atoms with E-state index in [0.717, 1.165) is 43.7 Å². The second-order valence-corrected chi connectivity index (χ2v) is 6.01. The Hall–Kier alpha value is -1.78. The average Bonchev–Trinajstić information content (AvgIpc) is 3.15. The predicted octanol–water partition coefficient (Wildman–Crippen LogP) is 5.27. The molecule has 0 aromatic heterocycles. The fourth-order valence-corrected chi connectivity index (χ4v) is 3.67. The van der Waals surface area contributed by atoms with Crippen LogP contribution in [0.2, 0.25) is 0 Å². The monoisotopic (exact) mass is 309 g/mol. The highest BCUT2D eigenvalue weighted by Gasteiger charge is 2.33. The largest absolute Gasteiger partial charge is 0.416 e. The van der Waals surface area contributed by atoms with Crippen molar-refractivity contribution in [1.29, 1.82) is 0 Å².